The summed E-state index contributed by atoms with van der Waals surface area (Å²) in [5.74, 6) is -1.06. The van der Waals surface area contributed by atoms with Gasteiger partial charge in [-0.05, 0) is 74.0 Å². The van der Waals surface area contributed by atoms with E-state index in [2.05, 4.69) is 20.4 Å². The molecule has 2 aromatic carbocycles. The first kappa shape index (κ1) is 28.3. The average Bonchev–Trinajstić information content (AvgIpc) is 3.71. The van der Waals surface area contributed by atoms with Gasteiger partial charge in [0.1, 0.15) is 24.3 Å². The number of allylic oxidation sites excluding steroid dienone is 1. The fraction of sp³-hybridized carbons (Fsp3) is 0.515. The average molecular weight is 552 g/mol. The van der Waals surface area contributed by atoms with Crippen LogP contribution in [-0.2, 0) is 16.1 Å². The van der Waals surface area contributed by atoms with Crippen molar-refractivity contribution >= 4 is 11.9 Å². The molecule has 3 aliphatic rings. The molecule has 40 heavy (non-hydrogen) atoms. The second kappa shape index (κ2) is 11.7. The predicted octanol–water partition coefficient (Wildman–Crippen LogP) is 7.15. The summed E-state index contributed by atoms with van der Waals surface area (Å²) in [6, 6.07) is 10.5. The van der Waals surface area contributed by atoms with Gasteiger partial charge in [-0.15, -0.1) is 0 Å². The molecule has 0 N–H and O–H groups in total. The molecule has 4 atom stereocenters. The van der Waals surface area contributed by atoms with Crippen LogP contribution in [0.5, 0.6) is 5.75 Å². The maximum absolute atomic E-state index is 15.5. The molecular formula is C33H39F2NO4. The van der Waals surface area contributed by atoms with Crippen molar-refractivity contribution in [3.63, 3.8) is 0 Å². The van der Waals surface area contributed by atoms with Gasteiger partial charge in [0.15, 0.2) is 6.04 Å². The molecule has 2 unspecified atom stereocenters. The molecule has 214 valence electrons. The van der Waals surface area contributed by atoms with E-state index >= 15 is 4.39 Å². The van der Waals surface area contributed by atoms with Gasteiger partial charge in [-0.3, -0.25) is 4.79 Å². The zero-order chi connectivity index (χ0) is 28.4. The minimum absolute atomic E-state index is 0.00203. The summed E-state index contributed by atoms with van der Waals surface area (Å²) >= 11 is 0. The van der Waals surface area contributed by atoms with Gasteiger partial charge in [-0.1, -0.05) is 56.3 Å². The Morgan fingerprint density at radius 2 is 1.90 bits per heavy atom. The van der Waals surface area contributed by atoms with Crippen molar-refractivity contribution in [3.8, 4) is 5.75 Å². The Morgan fingerprint density at radius 3 is 2.58 bits per heavy atom. The number of rotatable bonds is 9. The van der Waals surface area contributed by atoms with E-state index in [4.69, 9.17) is 9.47 Å². The van der Waals surface area contributed by atoms with Crippen LogP contribution in [-0.4, -0.2) is 42.1 Å². The maximum atomic E-state index is 15.5. The molecule has 1 saturated heterocycles. The Morgan fingerprint density at radius 1 is 1.15 bits per heavy atom. The highest BCUT2D eigenvalue weighted by Crippen LogP contribution is 2.48. The molecule has 2 aromatic rings. The summed E-state index contributed by atoms with van der Waals surface area (Å²) in [5, 5.41) is 0. The van der Waals surface area contributed by atoms with E-state index in [9.17, 15) is 14.0 Å². The molecule has 0 radical (unpaired) electrons. The van der Waals surface area contributed by atoms with Gasteiger partial charge < -0.3 is 14.4 Å². The monoisotopic (exact) mass is 551 g/mol. The highest BCUT2D eigenvalue weighted by molar-refractivity contribution is 5.98. The molecule has 5 rings (SSSR count). The van der Waals surface area contributed by atoms with Crippen molar-refractivity contribution in [1.82, 2.24) is 4.90 Å². The molecular weight excluding hydrogens is 512 g/mol. The first-order valence-electron chi connectivity index (χ1n) is 14.5. The van der Waals surface area contributed by atoms with Gasteiger partial charge in [0.05, 0.1) is 12.2 Å². The van der Waals surface area contributed by atoms with Crippen molar-refractivity contribution in [2.45, 2.75) is 83.5 Å². The van der Waals surface area contributed by atoms with E-state index in [0.29, 0.717) is 18.3 Å². The molecule has 5 nitrogen and oxygen atoms in total. The molecule has 0 aromatic heterocycles. The number of nitrogens with zero attached hydrogens (tertiary/aromatic N) is 1. The number of carbonyl (C=O) groups is 2. The van der Waals surface area contributed by atoms with E-state index < -0.39 is 29.9 Å². The van der Waals surface area contributed by atoms with Gasteiger partial charge in [0.25, 0.3) is 5.91 Å². The molecule has 3 fully saturated rings. The maximum Gasteiger partial charge on any atom is 0.332 e. The quantitative estimate of drug-likeness (QED) is 0.245. The Kier molecular flexibility index (Phi) is 8.29. The first-order chi connectivity index (χ1) is 19.2. The second-order valence-corrected chi connectivity index (χ2v) is 12.1. The Labute approximate surface area is 235 Å². The van der Waals surface area contributed by atoms with Crippen LogP contribution in [0.4, 0.5) is 8.78 Å². The van der Waals surface area contributed by atoms with Crippen LogP contribution >= 0.6 is 0 Å². The highest BCUT2D eigenvalue weighted by Gasteiger charge is 2.45. The summed E-state index contributed by atoms with van der Waals surface area (Å²) < 4.78 is 42.1. The molecule has 0 bridgehead atoms. The van der Waals surface area contributed by atoms with Crippen molar-refractivity contribution in [3.05, 3.63) is 77.1 Å². The number of ether oxygens (including phenoxy) is 2. The van der Waals surface area contributed by atoms with Crippen LogP contribution < -0.4 is 4.74 Å². The first-order valence-corrected chi connectivity index (χ1v) is 14.5. The number of hydrogen-bond donors (Lipinski definition) is 0. The lowest BCUT2D eigenvalue weighted by molar-refractivity contribution is -0.151. The third-order valence-electron chi connectivity index (χ3n) is 8.72. The van der Waals surface area contributed by atoms with Crippen LogP contribution in [0.25, 0.3) is 0 Å². The minimum atomic E-state index is -1.57. The predicted molar refractivity (Wildman–Crippen MR) is 149 cm³/mol. The third-order valence-corrected chi connectivity index (χ3v) is 8.72. The summed E-state index contributed by atoms with van der Waals surface area (Å²) in [5.41, 5.74) is 2.59. The van der Waals surface area contributed by atoms with Crippen molar-refractivity contribution in [2.24, 2.45) is 11.3 Å². The number of benzene rings is 2. The topological polar surface area (TPSA) is 55.8 Å². The van der Waals surface area contributed by atoms with Gasteiger partial charge in [-0.2, -0.15) is 0 Å². The van der Waals surface area contributed by atoms with Crippen LogP contribution in [0.2, 0.25) is 0 Å². The molecule has 1 amide bonds. The van der Waals surface area contributed by atoms with Gasteiger partial charge >= 0.3 is 5.97 Å². The largest absolute Gasteiger partial charge is 0.493 e. The van der Waals surface area contributed by atoms with Crippen LogP contribution in [0.3, 0.4) is 0 Å². The van der Waals surface area contributed by atoms with E-state index in [1.54, 1.807) is 18.2 Å². The van der Waals surface area contributed by atoms with Crippen molar-refractivity contribution in [2.75, 3.05) is 13.2 Å². The summed E-state index contributed by atoms with van der Waals surface area (Å²) in [6.07, 6.45) is 4.19. The van der Waals surface area contributed by atoms with E-state index in [1.165, 1.54) is 11.6 Å². The number of alkyl halides is 1. The number of hydrogen-bond acceptors (Lipinski definition) is 4. The molecule has 0 spiro atoms. The number of halogens is 2. The zero-order valence-electron chi connectivity index (χ0n) is 23.5. The Bertz CT molecular complexity index is 1260. The molecule has 2 saturated carbocycles. The molecule has 1 heterocycles. The third kappa shape index (κ3) is 6.08. The molecule has 2 aliphatic carbocycles. The zero-order valence-corrected chi connectivity index (χ0v) is 23.5. The van der Waals surface area contributed by atoms with E-state index in [-0.39, 0.29) is 36.5 Å². The highest BCUT2D eigenvalue weighted by atomic mass is 19.1. The molecule has 1 aliphatic heterocycles. The van der Waals surface area contributed by atoms with E-state index in [1.807, 2.05) is 18.2 Å². The summed E-state index contributed by atoms with van der Waals surface area (Å²) in [7, 11) is 0. The lowest BCUT2D eigenvalue weighted by Gasteiger charge is -2.40. The number of carbonyl (C=O) groups excluding carboxylic acids is 2. The smallest absolute Gasteiger partial charge is 0.332 e. The van der Waals surface area contributed by atoms with E-state index in [0.717, 1.165) is 54.6 Å². The Hall–Kier alpha value is -3.22. The van der Waals surface area contributed by atoms with Crippen LogP contribution in [0.15, 0.2) is 54.6 Å². The van der Waals surface area contributed by atoms with Crippen LogP contribution in [0, 0.1) is 17.2 Å². The minimum Gasteiger partial charge on any atom is -0.493 e. The lowest BCUT2D eigenvalue weighted by Crippen LogP contribution is -2.45. The van der Waals surface area contributed by atoms with Gasteiger partial charge in [0, 0.05) is 18.0 Å². The Balaban J connectivity index is 1.33. The number of esters is 1. The second-order valence-electron chi connectivity index (χ2n) is 12.1. The molecule has 7 heteroatoms. The SMILES string of the molecule is C=C1CC(C)CC(CC)(COc2cc(F)c(C(=O)N3CC[C@H](F)[C@H]3C(=O)OCc3ccccc3)cc2C2CC2)C1. The number of amides is 1. The normalized spacial score (nSPS) is 26.6. The summed E-state index contributed by atoms with van der Waals surface area (Å²) in [6.45, 7) is 9.08. The van der Waals surface area contributed by atoms with Gasteiger partial charge in [-0.25, -0.2) is 13.6 Å². The standard InChI is InChI=1S/C33H39F2NO4/c1-4-33(17-21(2)14-22(3)18-33)20-40-29-16-28(35)26(15-25(29)24-10-11-24)31(37)36-13-12-27(34)30(36)32(38)39-19-23-8-6-5-7-9-23/h5-9,15-16,22,24,27,30H,2,4,10-14,17-20H2,1,3H3/t22?,27-,30-,33?/m0/s1. The van der Waals surface area contributed by atoms with Crippen LogP contribution in [0.1, 0.15) is 86.2 Å². The van der Waals surface area contributed by atoms with Gasteiger partial charge in [0.2, 0.25) is 0 Å². The summed E-state index contributed by atoms with van der Waals surface area (Å²) in [4.78, 5) is 27.5. The lowest BCUT2D eigenvalue weighted by atomic mass is 9.67. The fourth-order valence-electron chi connectivity index (χ4n) is 6.49. The fourth-order valence-corrected chi connectivity index (χ4v) is 6.49. The number of likely N-dealkylation sites (tertiary alicyclic amines) is 1. The van der Waals surface area contributed by atoms with Crippen molar-refractivity contribution < 1.29 is 27.8 Å². The van der Waals surface area contributed by atoms with Crippen molar-refractivity contribution in [1.29, 1.82) is 0 Å².